The van der Waals surface area contributed by atoms with Gasteiger partial charge in [-0.1, -0.05) is 12.1 Å². The first-order valence-corrected chi connectivity index (χ1v) is 5.84. The van der Waals surface area contributed by atoms with Crippen molar-refractivity contribution in [1.29, 1.82) is 0 Å². The van der Waals surface area contributed by atoms with Crippen LogP contribution in [-0.2, 0) is 6.54 Å². The average molecular weight is 255 g/mol. The lowest BCUT2D eigenvalue weighted by atomic mass is 10.2. The molecule has 0 saturated carbocycles. The Labute approximate surface area is 108 Å². The number of fused-ring (bicyclic) bond motifs is 1. The van der Waals surface area contributed by atoms with E-state index >= 15 is 0 Å². The van der Waals surface area contributed by atoms with Crippen LogP contribution in [0, 0.1) is 10.1 Å². The molecule has 2 heterocycles. The molecule has 19 heavy (non-hydrogen) atoms. The summed E-state index contributed by atoms with van der Waals surface area (Å²) in [6, 6.07) is 14.9. The number of pyridine rings is 1. The Kier molecular flexibility index (Phi) is 2.72. The molecule has 2 aromatic heterocycles. The molecule has 0 aliphatic heterocycles. The maximum Gasteiger partial charge on any atom is 0.433 e. The largest absolute Gasteiger partial charge is 0.433 e. The van der Waals surface area contributed by atoms with Crippen LogP contribution in [0.5, 0.6) is 0 Å². The first-order chi connectivity index (χ1) is 9.24. The van der Waals surface area contributed by atoms with Crippen molar-refractivity contribution in [2.75, 3.05) is 0 Å². The molecule has 0 aliphatic rings. The zero-order valence-corrected chi connectivity index (χ0v) is 10.0. The number of aromatic nitrogens is 1. The molecule has 94 valence electrons. The fourth-order valence-electron chi connectivity index (χ4n) is 2.08. The van der Waals surface area contributed by atoms with E-state index in [1.807, 2.05) is 47.2 Å². The van der Waals surface area contributed by atoms with Crippen LogP contribution in [0.15, 0.2) is 59.1 Å². The van der Waals surface area contributed by atoms with Crippen molar-refractivity contribution in [3.63, 3.8) is 0 Å². The number of hydrogen-bond donors (Lipinski definition) is 0. The smallest absolute Gasteiger partial charge is 0.399 e. The fraction of sp³-hybridized carbons (Fsp3) is 0.0714. The lowest BCUT2D eigenvalue weighted by molar-refractivity contribution is -0.664. The first-order valence-electron chi connectivity index (χ1n) is 5.84. The van der Waals surface area contributed by atoms with E-state index in [1.54, 1.807) is 6.07 Å². The summed E-state index contributed by atoms with van der Waals surface area (Å²) in [4.78, 5) is 10.1. The summed E-state index contributed by atoms with van der Waals surface area (Å²) in [5.74, 6) is 0.337. The van der Waals surface area contributed by atoms with Crippen LogP contribution in [0.3, 0.4) is 0 Å². The molecule has 0 atom stereocenters. The summed E-state index contributed by atoms with van der Waals surface area (Å²) in [7, 11) is 0. The van der Waals surface area contributed by atoms with Gasteiger partial charge in [0, 0.05) is 17.5 Å². The van der Waals surface area contributed by atoms with Crippen molar-refractivity contribution in [2.24, 2.45) is 0 Å². The van der Waals surface area contributed by atoms with Crippen LogP contribution in [0.25, 0.3) is 10.9 Å². The van der Waals surface area contributed by atoms with Gasteiger partial charge in [-0.05, 0) is 18.2 Å². The summed E-state index contributed by atoms with van der Waals surface area (Å²) >= 11 is 0. The monoisotopic (exact) mass is 255 g/mol. The highest BCUT2D eigenvalue weighted by atomic mass is 16.6. The molecule has 0 N–H and O–H groups in total. The summed E-state index contributed by atoms with van der Waals surface area (Å²) in [6.45, 7) is 0.467. The SMILES string of the molecule is O=[N+]([O-])c1ccc(C[n+]2cccc3ccccc32)o1. The van der Waals surface area contributed by atoms with E-state index in [2.05, 4.69) is 0 Å². The highest BCUT2D eigenvalue weighted by molar-refractivity contribution is 5.74. The number of hydrogen-bond acceptors (Lipinski definition) is 3. The third-order valence-corrected chi connectivity index (χ3v) is 2.94. The maximum absolute atomic E-state index is 10.6. The molecular formula is C14H11N2O3+. The summed E-state index contributed by atoms with van der Waals surface area (Å²) in [5, 5.41) is 11.7. The zero-order chi connectivity index (χ0) is 13.2. The van der Waals surface area contributed by atoms with Gasteiger partial charge in [-0.25, -0.2) is 0 Å². The summed E-state index contributed by atoms with van der Waals surface area (Å²) < 4.78 is 7.18. The van der Waals surface area contributed by atoms with Gasteiger partial charge in [-0.2, -0.15) is 4.57 Å². The molecule has 0 saturated heterocycles. The lowest BCUT2D eigenvalue weighted by Crippen LogP contribution is -2.34. The highest BCUT2D eigenvalue weighted by Gasteiger charge is 2.16. The Morgan fingerprint density at radius 3 is 2.68 bits per heavy atom. The van der Waals surface area contributed by atoms with Crippen LogP contribution in [0.1, 0.15) is 5.76 Å². The van der Waals surface area contributed by atoms with Gasteiger partial charge in [-0.3, -0.25) is 10.1 Å². The molecule has 5 heteroatoms. The van der Waals surface area contributed by atoms with Crippen molar-refractivity contribution >= 4 is 16.8 Å². The highest BCUT2D eigenvalue weighted by Crippen LogP contribution is 2.16. The van der Waals surface area contributed by atoms with Crippen LogP contribution in [-0.4, -0.2) is 4.92 Å². The van der Waals surface area contributed by atoms with Crippen molar-refractivity contribution < 1.29 is 13.9 Å². The number of furan rings is 1. The second-order valence-corrected chi connectivity index (χ2v) is 4.19. The second-order valence-electron chi connectivity index (χ2n) is 4.19. The van der Waals surface area contributed by atoms with Gasteiger partial charge in [-0.15, -0.1) is 0 Å². The third-order valence-electron chi connectivity index (χ3n) is 2.94. The minimum absolute atomic E-state index is 0.226. The van der Waals surface area contributed by atoms with Crippen LogP contribution in [0.4, 0.5) is 5.88 Å². The van der Waals surface area contributed by atoms with E-state index in [4.69, 9.17) is 4.42 Å². The van der Waals surface area contributed by atoms with E-state index < -0.39 is 4.92 Å². The van der Waals surface area contributed by atoms with E-state index in [9.17, 15) is 10.1 Å². The molecule has 0 aliphatic carbocycles. The van der Waals surface area contributed by atoms with Gasteiger partial charge in [0.25, 0.3) is 0 Å². The quantitative estimate of drug-likeness (QED) is 0.410. The molecular weight excluding hydrogens is 244 g/mol. The number of benzene rings is 1. The Morgan fingerprint density at radius 1 is 1.11 bits per heavy atom. The Hall–Kier alpha value is -2.69. The molecule has 0 radical (unpaired) electrons. The van der Waals surface area contributed by atoms with Crippen molar-refractivity contribution in [3.05, 3.63) is 70.6 Å². The number of nitrogens with zero attached hydrogens (tertiary/aromatic N) is 2. The Balaban J connectivity index is 1.98. The Bertz CT molecular complexity index is 744. The van der Waals surface area contributed by atoms with Gasteiger partial charge in [0.2, 0.25) is 12.1 Å². The topological polar surface area (TPSA) is 60.2 Å². The van der Waals surface area contributed by atoms with Gasteiger partial charge >= 0.3 is 5.88 Å². The molecule has 1 aromatic carbocycles. The predicted octanol–water partition coefficient (Wildman–Crippen LogP) is 2.68. The van der Waals surface area contributed by atoms with E-state index in [1.165, 1.54) is 6.07 Å². The normalized spacial score (nSPS) is 10.7. The molecule has 0 spiro atoms. The summed E-state index contributed by atoms with van der Waals surface area (Å²) in [5.41, 5.74) is 1.06. The minimum atomic E-state index is -0.530. The van der Waals surface area contributed by atoms with Gasteiger partial charge in [0.05, 0.1) is 6.07 Å². The van der Waals surface area contributed by atoms with E-state index in [-0.39, 0.29) is 5.88 Å². The molecule has 0 unspecified atom stereocenters. The fourth-order valence-corrected chi connectivity index (χ4v) is 2.08. The van der Waals surface area contributed by atoms with E-state index in [0.717, 1.165) is 10.9 Å². The van der Waals surface area contributed by atoms with Crippen LogP contribution in [0.2, 0.25) is 0 Å². The van der Waals surface area contributed by atoms with Gasteiger partial charge in [0.1, 0.15) is 4.92 Å². The number of para-hydroxylation sites is 1. The molecule has 3 rings (SSSR count). The summed E-state index contributed by atoms with van der Waals surface area (Å²) in [6.07, 6.45) is 1.93. The second kappa shape index (κ2) is 4.53. The van der Waals surface area contributed by atoms with Gasteiger partial charge in [0.15, 0.2) is 12.0 Å². The van der Waals surface area contributed by atoms with Crippen molar-refractivity contribution in [2.45, 2.75) is 6.54 Å². The van der Waals surface area contributed by atoms with Crippen molar-refractivity contribution in [3.8, 4) is 0 Å². The van der Waals surface area contributed by atoms with Crippen LogP contribution >= 0.6 is 0 Å². The van der Waals surface area contributed by atoms with Crippen LogP contribution < -0.4 is 4.57 Å². The lowest BCUT2D eigenvalue weighted by Gasteiger charge is -1.98. The third kappa shape index (κ3) is 2.18. The predicted molar refractivity (Wildman–Crippen MR) is 68.6 cm³/mol. The molecule has 0 amide bonds. The van der Waals surface area contributed by atoms with E-state index in [0.29, 0.717) is 12.3 Å². The Morgan fingerprint density at radius 2 is 1.89 bits per heavy atom. The minimum Gasteiger partial charge on any atom is -0.399 e. The zero-order valence-electron chi connectivity index (χ0n) is 10.0. The molecule has 3 aromatic rings. The maximum atomic E-state index is 10.6. The first kappa shape index (κ1) is 11.4. The van der Waals surface area contributed by atoms with Crippen molar-refractivity contribution in [1.82, 2.24) is 0 Å². The van der Waals surface area contributed by atoms with Gasteiger partial charge < -0.3 is 4.42 Å². The molecule has 5 nitrogen and oxygen atoms in total. The standard InChI is InChI=1S/C14H11N2O3/c17-16(18)14-8-7-12(19-14)10-15-9-3-5-11-4-1-2-6-13(11)15/h1-9H,10H2/q+1. The number of nitro groups is 1. The average Bonchev–Trinajstić information content (AvgIpc) is 2.88. The molecule has 0 bridgehead atoms. The molecule has 0 fully saturated rings. The number of rotatable bonds is 3.